The number of amides is 1. The summed E-state index contributed by atoms with van der Waals surface area (Å²) in [6.45, 7) is 2.46. The average Bonchev–Trinajstić information content (AvgIpc) is 3.12. The largest absolute Gasteiger partial charge is 0.416 e. The maximum absolute atomic E-state index is 12.7. The Balaban J connectivity index is 1.95. The molecule has 1 atom stereocenters. The third-order valence-electron chi connectivity index (χ3n) is 3.94. The van der Waals surface area contributed by atoms with Gasteiger partial charge >= 0.3 is 6.18 Å². The molecule has 1 aliphatic heterocycles. The number of carbonyl (C=O) groups excluding carboxylic acids is 1. The molecule has 19 heavy (non-hydrogen) atoms. The second-order valence-corrected chi connectivity index (χ2v) is 5.38. The zero-order chi connectivity index (χ0) is 13.8. The van der Waals surface area contributed by atoms with Crippen LogP contribution in [-0.2, 0) is 6.18 Å². The van der Waals surface area contributed by atoms with Crippen molar-refractivity contribution in [3.63, 3.8) is 0 Å². The molecule has 0 N–H and O–H groups in total. The minimum atomic E-state index is -4.36. The highest BCUT2D eigenvalue weighted by Crippen LogP contribution is 2.40. The molecule has 1 saturated carbocycles. The molecular weight excluding hydrogens is 255 g/mol. The second-order valence-electron chi connectivity index (χ2n) is 5.38. The second kappa shape index (κ2) is 3.99. The third kappa shape index (κ3) is 2.11. The van der Waals surface area contributed by atoms with Gasteiger partial charge in [0.25, 0.3) is 5.91 Å². The van der Waals surface area contributed by atoms with Crippen molar-refractivity contribution in [3.8, 4) is 0 Å². The van der Waals surface area contributed by atoms with Gasteiger partial charge in [-0.15, -0.1) is 0 Å². The molecule has 0 radical (unpaired) electrons. The topological polar surface area (TPSA) is 20.3 Å². The van der Waals surface area contributed by atoms with Gasteiger partial charge in [-0.25, -0.2) is 0 Å². The van der Waals surface area contributed by atoms with E-state index in [0.29, 0.717) is 23.6 Å². The van der Waals surface area contributed by atoms with Crippen LogP contribution in [0.2, 0.25) is 0 Å². The molecule has 1 aliphatic carbocycles. The van der Waals surface area contributed by atoms with E-state index >= 15 is 0 Å². The lowest BCUT2D eigenvalue weighted by molar-refractivity contribution is -0.137. The average molecular weight is 269 g/mol. The highest BCUT2D eigenvalue weighted by molar-refractivity contribution is 5.99. The van der Waals surface area contributed by atoms with Crippen molar-refractivity contribution in [1.29, 1.82) is 0 Å². The summed E-state index contributed by atoms with van der Waals surface area (Å²) in [5, 5.41) is 0. The van der Waals surface area contributed by atoms with Crippen LogP contribution in [0.25, 0.3) is 0 Å². The molecule has 3 rings (SSSR count). The summed E-state index contributed by atoms with van der Waals surface area (Å²) in [4.78, 5) is 13.9. The first-order valence-electron chi connectivity index (χ1n) is 6.40. The van der Waals surface area contributed by atoms with Crippen LogP contribution in [0.1, 0.15) is 47.3 Å². The van der Waals surface area contributed by atoms with Gasteiger partial charge in [0.05, 0.1) is 11.6 Å². The summed E-state index contributed by atoms with van der Waals surface area (Å²) < 4.78 is 38.1. The fraction of sp³-hybridized carbons (Fsp3) is 0.500. The molecular formula is C14H14F3NO. The number of hydrogen-bond donors (Lipinski definition) is 0. The lowest BCUT2D eigenvalue weighted by atomic mass is 10.0. The standard InChI is InChI=1S/C14H14F3NO/c1-8-12-6-10(14(15,16)17)4-5-11(12)13(19)18(8)7-9-2-3-9/h4-6,8-9H,2-3,7H2,1H3. The zero-order valence-electron chi connectivity index (χ0n) is 10.5. The van der Waals surface area contributed by atoms with Crippen molar-refractivity contribution in [2.24, 2.45) is 5.92 Å². The first kappa shape index (κ1) is 12.5. The molecule has 1 aromatic carbocycles. The molecule has 0 spiro atoms. The van der Waals surface area contributed by atoms with Gasteiger partial charge < -0.3 is 4.90 Å². The number of rotatable bonds is 2. The van der Waals surface area contributed by atoms with Crippen LogP contribution in [0.5, 0.6) is 0 Å². The Morgan fingerprint density at radius 3 is 2.58 bits per heavy atom. The van der Waals surface area contributed by atoms with Gasteiger partial charge in [-0.05, 0) is 49.4 Å². The third-order valence-corrected chi connectivity index (χ3v) is 3.94. The maximum Gasteiger partial charge on any atom is 0.416 e. The van der Waals surface area contributed by atoms with Crippen LogP contribution < -0.4 is 0 Å². The van der Waals surface area contributed by atoms with E-state index in [2.05, 4.69) is 0 Å². The predicted octanol–water partition coefficient (Wildman–Crippen LogP) is 3.63. The monoisotopic (exact) mass is 269 g/mol. The first-order chi connectivity index (χ1) is 8.88. The minimum Gasteiger partial charge on any atom is -0.332 e. The van der Waals surface area contributed by atoms with Gasteiger partial charge in [0.2, 0.25) is 0 Å². The summed E-state index contributed by atoms with van der Waals surface area (Å²) in [5.74, 6) is 0.394. The molecule has 1 aromatic rings. The molecule has 102 valence electrons. The highest BCUT2D eigenvalue weighted by Gasteiger charge is 2.39. The van der Waals surface area contributed by atoms with E-state index in [4.69, 9.17) is 0 Å². The maximum atomic E-state index is 12.7. The normalized spacial score (nSPS) is 22.8. The minimum absolute atomic E-state index is 0.136. The molecule has 1 unspecified atom stereocenters. The van der Waals surface area contributed by atoms with Crippen LogP contribution in [0, 0.1) is 5.92 Å². The Hall–Kier alpha value is -1.52. The highest BCUT2D eigenvalue weighted by atomic mass is 19.4. The lowest BCUT2D eigenvalue weighted by Gasteiger charge is -2.21. The van der Waals surface area contributed by atoms with Crippen LogP contribution in [0.3, 0.4) is 0 Å². The Labute approximate surface area is 109 Å². The molecule has 2 aliphatic rings. The fourth-order valence-electron chi connectivity index (χ4n) is 2.60. The lowest BCUT2D eigenvalue weighted by Crippen LogP contribution is -2.28. The van der Waals surface area contributed by atoms with E-state index in [0.717, 1.165) is 25.0 Å². The van der Waals surface area contributed by atoms with Crippen LogP contribution in [0.4, 0.5) is 13.2 Å². The fourth-order valence-corrected chi connectivity index (χ4v) is 2.60. The smallest absolute Gasteiger partial charge is 0.332 e. The molecule has 5 heteroatoms. The SMILES string of the molecule is CC1c2cc(C(F)(F)F)ccc2C(=O)N1CC1CC1. The molecule has 1 amide bonds. The van der Waals surface area contributed by atoms with Gasteiger partial charge in [0, 0.05) is 12.1 Å². The van der Waals surface area contributed by atoms with Crippen molar-refractivity contribution >= 4 is 5.91 Å². The Morgan fingerprint density at radius 1 is 1.32 bits per heavy atom. The van der Waals surface area contributed by atoms with Gasteiger partial charge in [-0.1, -0.05) is 0 Å². The quantitative estimate of drug-likeness (QED) is 0.802. The van der Waals surface area contributed by atoms with Crippen LogP contribution in [0.15, 0.2) is 18.2 Å². The summed E-state index contributed by atoms with van der Waals surface area (Å²) in [6, 6.07) is 3.16. The molecule has 0 bridgehead atoms. The number of benzene rings is 1. The van der Waals surface area contributed by atoms with Gasteiger partial charge in [-0.3, -0.25) is 4.79 Å². The molecule has 1 heterocycles. The first-order valence-corrected chi connectivity index (χ1v) is 6.40. The molecule has 0 saturated heterocycles. The van der Waals surface area contributed by atoms with Crippen molar-refractivity contribution in [2.75, 3.05) is 6.54 Å². The number of alkyl halides is 3. The van der Waals surface area contributed by atoms with Gasteiger partial charge in [0.1, 0.15) is 0 Å². The summed E-state index contributed by atoms with van der Waals surface area (Å²) >= 11 is 0. The Bertz CT molecular complexity index is 534. The van der Waals surface area contributed by atoms with Crippen LogP contribution in [-0.4, -0.2) is 17.4 Å². The van der Waals surface area contributed by atoms with Crippen molar-refractivity contribution in [1.82, 2.24) is 4.90 Å². The summed E-state index contributed by atoms with van der Waals surface area (Å²) in [6.07, 6.45) is -2.14. The van der Waals surface area contributed by atoms with E-state index < -0.39 is 11.7 Å². The number of hydrogen-bond acceptors (Lipinski definition) is 1. The zero-order valence-corrected chi connectivity index (χ0v) is 10.5. The Kier molecular flexibility index (Phi) is 2.62. The van der Waals surface area contributed by atoms with Crippen LogP contribution >= 0.6 is 0 Å². The number of nitrogens with zero attached hydrogens (tertiary/aromatic N) is 1. The number of halogens is 3. The van der Waals surface area contributed by atoms with E-state index in [-0.39, 0.29) is 11.9 Å². The van der Waals surface area contributed by atoms with E-state index in [1.165, 1.54) is 6.07 Å². The molecule has 2 nitrogen and oxygen atoms in total. The predicted molar refractivity (Wildman–Crippen MR) is 63.6 cm³/mol. The van der Waals surface area contributed by atoms with E-state index in [1.807, 2.05) is 0 Å². The van der Waals surface area contributed by atoms with Crippen molar-refractivity contribution < 1.29 is 18.0 Å². The van der Waals surface area contributed by atoms with Gasteiger partial charge in [-0.2, -0.15) is 13.2 Å². The molecule has 1 fully saturated rings. The number of fused-ring (bicyclic) bond motifs is 1. The summed E-state index contributed by atoms with van der Waals surface area (Å²) in [5.41, 5.74) is 0.237. The Morgan fingerprint density at radius 2 is 2.00 bits per heavy atom. The van der Waals surface area contributed by atoms with Crippen molar-refractivity contribution in [2.45, 2.75) is 32.0 Å². The molecule has 0 aromatic heterocycles. The number of carbonyl (C=O) groups is 1. The van der Waals surface area contributed by atoms with E-state index in [1.54, 1.807) is 11.8 Å². The van der Waals surface area contributed by atoms with Gasteiger partial charge in [0.15, 0.2) is 0 Å². The summed E-state index contributed by atoms with van der Waals surface area (Å²) in [7, 11) is 0. The van der Waals surface area contributed by atoms with E-state index in [9.17, 15) is 18.0 Å². The van der Waals surface area contributed by atoms with Crippen molar-refractivity contribution in [3.05, 3.63) is 34.9 Å².